The van der Waals surface area contributed by atoms with Gasteiger partial charge in [0.2, 0.25) is 5.91 Å². The van der Waals surface area contributed by atoms with E-state index in [1.807, 2.05) is 11.0 Å². The molecule has 3 nitrogen and oxygen atoms in total. The van der Waals surface area contributed by atoms with Crippen LogP contribution in [0.2, 0.25) is 0 Å². The number of ether oxygens (including phenoxy) is 1. The van der Waals surface area contributed by atoms with Crippen LogP contribution in [0.1, 0.15) is 19.3 Å². The zero-order valence-corrected chi connectivity index (χ0v) is 8.37. The number of nitrogens with zero attached hydrogens (tertiary/aromatic N) is 1. The highest BCUT2D eigenvalue weighted by molar-refractivity contribution is 5.79. The summed E-state index contributed by atoms with van der Waals surface area (Å²) < 4.78 is 5.22. The summed E-state index contributed by atoms with van der Waals surface area (Å²) in [4.78, 5) is 13.9. The van der Waals surface area contributed by atoms with E-state index in [2.05, 4.69) is 6.08 Å². The van der Waals surface area contributed by atoms with Crippen LogP contribution in [0.25, 0.3) is 0 Å². The van der Waals surface area contributed by atoms with Crippen molar-refractivity contribution in [3.63, 3.8) is 0 Å². The Hall–Kier alpha value is -0.830. The topological polar surface area (TPSA) is 29.5 Å². The van der Waals surface area contributed by atoms with Gasteiger partial charge in [0.25, 0.3) is 0 Å². The molecule has 0 N–H and O–H groups in total. The lowest BCUT2D eigenvalue weighted by Gasteiger charge is -2.30. The van der Waals surface area contributed by atoms with Crippen LogP contribution in [0, 0.1) is 12.0 Å². The molecule has 1 aliphatic heterocycles. The quantitative estimate of drug-likeness (QED) is 0.623. The maximum atomic E-state index is 12.0. The third-order valence-electron chi connectivity index (χ3n) is 2.86. The highest BCUT2D eigenvalue weighted by atomic mass is 16.5. The molecule has 1 radical (unpaired) electrons. The van der Waals surface area contributed by atoms with E-state index in [1.165, 1.54) is 0 Å². The molecule has 77 valence electrons. The van der Waals surface area contributed by atoms with Gasteiger partial charge in [-0.2, -0.15) is 0 Å². The van der Waals surface area contributed by atoms with Crippen molar-refractivity contribution in [1.29, 1.82) is 0 Å². The number of carbonyl (C=O) groups excluding carboxylic acids is 1. The Labute approximate surface area is 84.7 Å². The Morgan fingerprint density at radius 1 is 1.43 bits per heavy atom. The monoisotopic (exact) mass is 194 g/mol. The number of allylic oxidation sites excluding steroid dienone is 2. The van der Waals surface area contributed by atoms with Crippen LogP contribution in [0.5, 0.6) is 0 Å². The maximum Gasteiger partial charge on any atom is 0.226 e. The van der Waals surface area contributed by atoms with Gasteiger partial charge in [-0.05, 0) is 25.3 Å². The fourth-order valence-corrected chi connectivity index (χ4v) is 1.97. The third kappa shape index (κ3) is 2.15. The average Bonchev–Trinajstić information content (AvgIpc) is 2.30. The first-order chi connectivity index (χ1) is 6.88. The zero-order chi connectivity index (χ0) is 9.80. The Balaban J connectivity index is 1.89. The normalized spacial score (nSPS) is 27.7. The summed E-state index contributed by atoms with van der Waals surface area (Å²) in [5, 5.41) is 0. The molecule has 1 heterocycles. The summed E-state index contributed by atoms with van der Waals surface area (Å²) in [6.45, 7) is 2.92. The van der Waals surface area contributed by atoms with Crippen molar-refractivity contribution in [2.24, 2.45) is 5.92 Å². The molecule has 2 aliphatic rings. The Morgan fingerprint density at radius 3 is 2.86 bits per heavy atom. The molecule has 1 aliphatic carbocycles. The van der Waals surface area contributed by atoms with Gasteiger partial charge in [0.15, 0.2) is 0 Å². The second-order valence-corrected chi connectivity index (χ2v) is 3.82. The van der Waals surface area contributed by atoms with Crippen LogP contribution < -0.4 is 0 Å². The van der Waals surface area contributed by atoms with Crippen molar-refractivity contribution in [2.45, 2.75) is 19.3 Å². The second-order valence-electron chi connectivity index (χ2n) is 3.82. The molecule has 0 aromatic carbocycles. The molecular weight excluding hydrogens is 178 g/mol. The summed E-state index contributed by atoms with van der Waals surface area (Å²) in [5.74, 6) is 0.514. The van der Waals surface area contributed by atoms with Crippen LogP contribution >= 0.6 is 0 Å². The van der Waals surface area contributed by atoms with Gasteiger partial charge in [-0.3, -0.25) is 4.79 Å². The van der Waals surface area contributed by atoms with Crippen molar-refractivity contribution in [3.05, 3.63) is 12.2 Å². The van der Waals surface area contributed by atoms with E-state index in [4.69, 9.17) is 4.74 Å². The second kappa shape index (κ2) is 4.60. The van der Waals surface area contributed by atoms with E-state index in [9.17, 15) is 4.79 Å². The first kappa shape index (κ1) is 9.71. The summed E-state index contributed by atoms with van der Waals surface area (Å²) >= 11 is 0. The highest BCUT2D eigenvalue weighted by Gasteiger charge is 2.25. The standard InChI is InChI=1S/C11H16NO2/c13-11(10-4-2-1-3-5-10)12-6-8-14-9-7-12/h2,10H,3-9H2. The molecule has 3 heteroatoms. The van der Waals surface area contributed by atoms with E-state index in [0.29, 0.717) is 19.1 Å². The predicted molar refractivity (Wildman–Crippen MR) is 52.6 cm³/mol. The van der Waals surface area contributed by atoms with Crippen molar-refractivity contribution in [2.75, 3.05) is 26.3 Å². The molecule has 0 saturated carbocycles. The van der Waals surface area contributed by atoms with Crippen molar-refractivity contribution in [3.8, 4) is 0 Å². The molecule has 14 heavy (non-hydrogen) atoms. The Kier molecular flexibility index (Phi) is 3.19. The van der Waals surface area contributed by atoms with Gasteiger partial charge in [-0.1, -0.05) is 6.08 Å². The van der Waals surface area contributed by atoms with Gasteiger partial charge in [0.05, 0.1) is 13.2 Å². The number of hydrogen-bond acceptors (Lipinski definition) is 2. The van der Waals surface area contributed by atoms with E-state index >= 15 is 0 Å². The number of hydrogen-bond donors (Lipinski definition) is 0. The lowest BCUT2D eigenvalue weighted by atomic mass is 9.93. The molecule has 1 atom stereocenters. The first-order valence-corrected chi connectivity index (χ1v) is 5.29. The number of morpholine rings is 1. The molecule has 0 bridgehead atoms. The number of amides is 1. The largest absolute Gasteiger partial charge is 0.378 e. The van der Waals surface area contributed by atoms with Crippen LogP contribution in [-0.4, -0.2) is 37.1 Å². The van der Waals surface area contributed by atoms with Gasteiger partial charge in [0.1, 0.15) is 0 Å². The smallest absolute Gasteiger partial charge is 0.226 e. The van der Waals surface area contributed by atoms with E-state index in [1.54, 1.807) is 0 Å². The molecule has 2 rings (SSSR count). The van der Waals surface area contributed by atoms with Crippen molar-refractivity contribution in [1.82, 2.24) is 4.90 Å². The molecule has 1 fully saturated rings. The molecular formula is C11H16NO2. The Bertz CT molecular complexity index is 231. The van der Waals surface area contributed by atoms with Gasteiger partial charge < -0.3 is 9.64 Å². The minimum atomic E-state index is 0.203. The summed E-state index contributed by atoms with van der Waals surface area (Å²) in [6, 6.07) is 0. The van der Waals surface area contributed by atoms with Crippen LogP contribution in [-0.2, 0) is 9.53 Å². The first-order valence-electron chi connectivity index (χ1n) is 5.29. The van der Waals surface area contributed by atoms with Gasteiger partial charge in [-0.15, -0.1) is 0 Å². The van der Waals surface area contributed by atoms with Gasteiger partial charge in [0, 0.05) is 19.0 Å². The lowest BCUT2D eigenvalue weighted by Crippen LogP contribution is -2.43. The van der Waals surface area contributed by atoms with Gasteiger partial charge >= 0.3 is 0 Å². The summed E-state index contributed by atoms with van der Waals surface area (Å²) in [6.07, 6.45) is 7.93. The molecule has 0 aromatic rings. The fraction of sp³-hybridized carbons (Fsp3) is 0.727. The maximum absolute atomic E-state index is 12.0. The SMILES string of the molecule is O=C(C1CC=[C]CC1)N1CCOCC1. The molecule has 1 saturated heterocycles. The summed E-state index contributed by atoms with van der Waals surface area (Å²) in [5.41, 5.74) is 0. The van der Waals surface area contributed by atoms with Crippen LogP contribution in [0.15, 0.2) is 6.08 Å². The lowest BCUT2D eigenvalue weighted by molar-refractivity contribution is -0.139. The predicted octanol–water partition coefficient (Wildman–Crippen LogP) is 1.00. The Morgan fingerprint density at radius 2 is 2.21 bits per heavy atom. The fourth-order valence-electron chi connectivity index (χ4n) is 1.97. The molecule has 0 spiro atoms. The molecule has 1 unspecified atom stereocenters. The van der Waals surface area contributed by atoms with Crippen LogP contribution in [0.4, 0.5) is 0 Å². The minimum Gasteiger partial charge on any atom is -0.378 e. The third-order valence-corrected chi connectivity index (χ3v) is 2.86. The zero-order valence-electron chi connectivity index (χ0n) is 8.37. The van der Waals surface area contributed by atoms with E-state index in [-0.39, 0.29) is 5.92 Å². The van der Waals surface area contributed by atoms with E-state index < -0.39 is 0 Å². The number of carbonyl (C=O) groups is 1. The van der Waals surface area contributed by atoms with Crippen molar-refractivity contribution < 1.29 is 9.53 Å². The average molecular weight is 194 g/mol. The van der Waals surface area contributed by atoms with Gasteiger partial charge in [-0.25, -0.2) is 0 Å². The summed E-state index contributed by atoms with van der Waals surface area (Å²) in [7, 11) is 0. The molecule has 0 aromatic heterocycles. The molecule has 1 amide bonds. The van der Waals surface area contributed by atoms with E-state index in [0.717, 1.165) is 32.4 Å². The number of rotatable bonds is 1. The highest BCUT2D eigenvalue weighted by Crippen LogP contribution is 2.20. The van der Waals surface area contributed by atoms with Crippen LogP contribution in [0.3, 0.4) is 0 Å². The minimum absolute atomic E-state index is 0.203. The van der Waals surface area contributed by atoms with Crippen molar-refractivity contribution >= 4 is 5.91 Å².